The molecule has 132 valence electrons. The molecule has 0 aliphatic carbocycles. The van der Waals surface area contributed by atoms with E-state index in [1.165, 1.54) is 7.11 Å². The van der Waals surface area contributed by atoms with Gasteiger partial charge >= 0.3 is 5.97 Å². The fourth-order valence-electron chi connectivity index (χ4n) is 4.34. The number of rotatable bonds is 7. The third kappa shape index (κ3) is 3.07. The van der Waals surface area contributed by atoms with Crippen molar-refractivity contribution < 1.29 is 14.3 Å². The van der Waals surface area contributed by atoms with Crippen molar-refractivity contribution in [3.8, 4) is 0 Å². The van der Waals surface area contributed by atoms with Crippen molar-refractivity contribution in [3.63, 3.8) is 0 Å². The summed E-state index contributed by atoms with van der Waals surface area (Å²) in [6.45, 7) is 3.01. The van der Waals surface area contributed by atoms with Gasteiger partial charge in [-0.2, -0.15) is 0 Å². The van der Waals surface area contributed by atoms with Crippen molar-refractivity contribution in [1.29, 1.82) is 0 Å². The molecule has 1 aromatic heterocycles. The number of ether oxygens (including phenoxy) is 1. The van der Waals surface area contributed by atoms with Crippen molar-refractivity contribution in [2.75, 3.05) is 20.2 Å². The first-order chi connectivity index (χ1) is 11.6. The lowest BCUT2D eigenvalue weighted by Gasteiger charge is -2.36. The van der Waals surface area contributed by atoms with E-state index >= 15 is 0 Å². The van der Waals surface area contributed by atoms with Crippen LogP contribution in [0.15, 0.2) is 10.9 Å². The van der Waals surface area contributed by atoms with Crippen molar-refractivity contribution in [2.45, 2.75) is 51.1 Å². The normalized spacial score (nSPS) is 28.9. The summed E-state index contributed by atoms with van der Waals surface area (Å²) in [6.07, 6.45) is 4.35. The number of thiazole rings is 1. The number of amides is 1. The number of esters is 1. The van der Waals surface area contributed by atoms with Crippen LogP contribution in [0.4, 0.5) is 0 Å². The molecule has 7 heteroatoms. The third-order valence-electron chi connectivity index (χ3n) is 5.39. The fourth-order valence-corrected chi connectivity index (χ4v) is 4.89. The minimum absolute atomic E-state index is 0.0835. The van der Waals surface area contributed by atoms with Crippen LogP contribution in [0, 0.1) is 5.41 Å². The number of hydrogen-bond acceptors (Lipinski definition) is 6. The van der Waals surface area contributed by atoms with E-state index < -0.39 is 5.41 Å². The van der Waals surface area contributed by atoms with Crippen LogP contribution in [0.3, 0.4) is 0 Å². The number of aromatic nitrogens is 1. The average molecular weight is 351 g/mol. The molecule has 0 saturated carbocycles. The average Bonchev–Trinajstić information content (AvgIpc) is 3.29. The van der Waals surface area contributed by atoms with E-state index in [9.17, 15) is 9.59 Å². The van der Waals surface area contributed by atoms with Crippen LogP contribution in [0.5, 0.6) is 0 Å². The quantitative estimate of drug-likeness (QED) is 0.756. The van der Waals surface area contributed by atoms with Crippen molar-refractivity contribution in [1.82, 2.24) is 15.2 Å². The summed E-state index contributed by atoms with van der Waals surface area (Å²) in [5.41, 5.74) is 2.30. The third-order valence-corrected chi connectivity index (χ3v) is 6.02. The van der Waals surface area contributed by atoms with E-state index in [-0.39, 0.29) is 30.5 Å². The van der Waals surface area contributed by atoms with Gasteiger partial charge in [-0.25, -0.2) is 4.98 Å². The van der Waals surface area contributed by atoms with Crippen LogP contribution in [-0.4, -0.2) is 54.0 Å². The zero-order chi connectivity index (χ0) is 17.2. The Kier molecular flexibility index (Phi) is 5.20. The van der Waals surface area contributed by atoms with E-state index in [0.717, 1.165) is 31.4 Å². The lowest BCUT2D eigenvalue weighted by atomic mass is 9.70. The van der Waals surface area contributed by atoms with Gasteiger partial charge in [-0.05, 0) is 25.7 Å². The molecule has 1 aromatic rings. The van der Waals surface area contributed by atoms with Gasteiger partial charge in [0.05, 0.1) is 30.3 Å². The molecule has 2 fully saturated rings. The summed E-state index contributed by atoms with van der Waals surface area (Å²) >= 11 is 1.56. The number of nitrogens with one attached hydrogen (secondary N) is 1. The Morgan fingerprint density at radius 2 is 2.33 bits per heavy atom. The minimum Gasteiger partial charge on any atom is -0.468 e. The Morgan fingerprint density at radius 3 is 3.00 bits per heavy atom. The largest absolute Gasteiger partial charge is 0.468 e. The molecule has 3 atom stereocenters. The Morgan fingerprint density at radius 1 is 1.50 bits per heavy atom. The van der Waals surface area contributed by atoms with Gasteiger partial charge in [-0.1, -0.05) is 6.92 Å². The van der Waals surface area contributed by atoms with E-state index in [4.69, 9.17) is 4.74 Å². The van der Waals surface area contributed by atoms with Crippen LogP contribution in [0.2, 0.25) is 0 Å². The van der Waals surface area contributed by atoms with Gasteiger partial charge in [0.25, 0.3) is 0 Å². The lowest BCUT2D eigenvalue weighted by Crippen LogP contribution is -2.51. The molecular formula is C17H25N3O3S. The molecule has 0 spiro atoms. The second kappa shape index (κ2) is 7.19. The molecule has 6 nitrogen and oxygen atoms in total. The molecule has 3 rings (SSSR count). The summed E-state index contributed by atoms with van der Waals surface area (Å²) in [4.78, 5) is 31.4. The summed E-state index contributed by atoms with van der Waals surface area (Å²) in [5, 5.41) is 5.11. The van der Waals surface area contributed by atoms with E-state index in [0.29, 0.717) is 13.0 Å². The van der Waals surface area contributed by atoms with Gasteiger partial charge in [0.1, 0.15) is 0 Å². The second-order valence-electron chi connectivity index (χ2n) is 6.77. The molecule has 1 N–H and O–H groups in total. The molecule has 2 saturated heterocycles. The summed E-state index contributed by atoms with van der Waals surface area (Å²) in [6, 6.07) is 0.361. The van der Waals surface area contributed by atoms with Crippen molar-refractivity contribution in [3.05, 3.63) is 16.6 Å². The maximum atomic E-state index is 13.1. The molecule has 0 unspecified atom stereocenters. The fraction of sp³-hybridized carbons (Fsp3) is 0.706. The topological polar surface area (TPSA) is 71.5 Å². The molecular weight excluding hydrogens is 326 g/mol. The van der Waals surface area contributed by atoms with Crippen LogP contribution >= 0.6 is 11.3 Å². The number of carbonyl (C=O) groups is 2. The van der Waals surface area contributed by atoms with Gasteiger partial charge in [0, 0.05) is 30.4 Å². The van der Waals surface area contributed by atoms with E-state index in [1.54, 1.807) is 11.3 Å². The van der Waals surface area contributed by atoms with E-state index in [1.807, 2.05) is 10.9 Å². The van der Waals surface area contributed by atoms with Crippen LogP contribution in [-0.2, 0) is 20.7 Å². The van der Waals surface area contributed by atoms with Gasteiger partial charge < -0.3 is 10.1 Å². The van der Waals surface area contributed by atoms with Gasteiger partial charge in [0.15, 0.2) is 0 Å². The molecule has 3 heterocycles. The SMILES string of the molecule is CCCNC(=O)[C@@]1(Cc2cscn2)C[C@H]2CC[C@@H]1N2CC(=O)OC. The minimum atomic E-state index is -0.486. The first-order valence-corrected chi connectivity index (χ1v) is 9.53. The van der Waals surface area contributed by atoms with Gasteiger partial charge in [-0.15, -0.1) is 11.3 Å². The number of methoxy groups -OCH3 is 1. The molecule has 1 amide bonds. The Bertz CT molecular complexity index is 592. The zero-order valence-electron chi connectivity index (χ0n) is 14.3. The van der Waals surface area contributed by atoms with E-state index in [2.05, 4.69) is 22.1 Å². The maximum absolute atomic E-state index is 13.1. The summed E-state index contributed by atoms with van der Waals surface area (Å²) in [5.74, 6) is -0.121. The highest BCUT2D eigenvalue weighted by Gasteiger charge is 2.60. The predicted octanol–water partition coefficient (Wildman–Crippen LogP) is 1.61. The van der Waals surface area contributed by atoms with Gasteiger partial charge in [-0.3, -0.25) is 14.5 Å². The number of hydrogen-bond donors (Lipinski definition) is 1. The van der Waals surface area contributed by atoms with Crippen molar-refractivity contribution >= 4 is 23.2 Å². The second-order valence-corrected chi connectivity index (χ2v) is 7.49. The maximum Gasteiger partial charge on any atom is 0.319 e. The van der Waals surface area contributed by atoms with Gasteiger partial charge in [0.2, 0.25) is 5.91 Å². The molecule has 2 bridgehead atoms. The molecule has 0 aromatic carbocycles. The number of carbonyl (C=O) groups excluding carboxylic acids is 2. The molecule has 0 radical (unpaired) electrons. The zero-order valence-corrected chi connectivity index (χ0v) is 15.1. The monoisotopic (exact) mass is 351 g/mol. The first kappa shape index (κ1) is 17.4. The molecule has 2 aliphatic rings. The Labute approximate surface area is 146 Å². The lowest BCUT2D eigenvalue weighted by molar-refractivity contribution is -0.143. The predicted molar refractivity (Wildman–Crippen MR) is 91.7 cm³/mol. The Balaban J connectivity index is 1.85. The Hall–Kier alpha value is -1.47. The highest BCUT2D eigenvalue weighted by atomic mass is 32.1. The number of fused-ring (bicyclic) bond motifs is 2. The van der Waals surface area contributed by atoms with Crippen LogP contribution in [0.1, 0.15) is 38.3 Å². The highest BCUT2D eigenvalue weighted by Crippen LogP contribution is 2.51. The summed E-state index contributed by atoms with van der Waals surface area (Å²) < 4.78 is 4.84. The molecule has 2 aliphatic heterocycles. The first-order valence-electron chi connectivity index (χ1n) is 8.58. The standard InChI is InChI=1S/C17H25N3O3S/c1-3-6-18-16(22)17(7-12-10-24-11-19-12)8-13-4-5-14(17)20(13)9-15(21)23-2/h10-11,13-14H,3-9H2,1-2H3,(H,18,22)/t13-,14+,17+/m1/s1. The van der Waals surface area contributed by atoms with Crippen LogP contribution < -0.4 is 5.32 Å². The summed E-state index contributed by atoms with van der Waals surface area (Å²) in [7, 11) is 1.41. The highest BCUT2D eigenvalue weighted by molar-refractivity contribution is 7.07. The number of nitrogens with zero attached hydrogens (tertiary/aromatic N) is 2. The smallest absolute Gasteiger partial charge is 0.319 e. The molecule has 24 heavy (non-hydrogen) atoms. The van der Waals surface area contributed by atoms with Crippen molar-refractivity contribution in [2.24, 2.45) is 5.41 Å². The van der Waals surface area contributed by atoms with Crippen LogP contribution in [0.25, 0.3) is 0 Å².